The summed E-state index contributed by atoms with van der Waals surface area (Å²) in [5.74, 6) is -3.07. The molecule has 0 saturated heterocycles. The summed E-state index contributed by atoms with van der Waals surface area (Å²) < 4.78 is 62.0. The Morgan fingerprint density at radius 1 is 0.982 bits per heavy atom. The lowest BCUT2D eigenvalue weighted by molar-refractivity contribution is -0.137. The van der Waals surface area contributed by atoms with E-state index in [-0.39, 0.29) is 85.3 Å². The number of phenols is 1. The van der Waals surface area contributed by atoms with Crippen molar-refractivity contribution in [1.82, 2.24) is 15.6 Å². The summed E-state index contributed by atoms with van der Waals surface area (Å²) >= 11 is 5.89. The van der Waals surface area contributed by atoms with Crippen LogP contribution in [0.4, 0.5) is 17.6 Å². The molecular formula is C44H51F4N3O5S. The molecule has 0 bridgehead atoms. The number of aryl methyl sites for hydroxylation is 1. The highest BCUT2D eigenvalue weighted by Gasteiger charge is 2.46. The molecule has 2 unspecified atom stereocenters. The molecule has 1 aliphatic rings. The lowest BCUT2D eigenvalue weighted by Gasteiger charge is -2.40. The summed E-state index contributed by atoms with van der Waals surface area (Å²) in [5.41, 5.74) is -0.391. The number of aromatic nitrogens is 1. The first-order valence-corrected chi connectivity index (χ1v) is 19.9. The van der Waals surface area contributed by atoms with E-state index in [1.54, 1.807) is 30.3 Å². The fourth-order valence-corrected chi connectivity index (χ4v) is 8.24. The molecule has 0 radical (unpaired) electrons. The van der Waals surface area contributed by atoms with Crippen LogP contribution in [0.15, 0.2) is 60.7 Å². The number of H-pyrrole nitrogens is 1. The molecule has 1 aliphatic carbocycles. The Morgan fingerprint density at radius 3 is 2.33 bits per heavy atom. The van der Waals surface area contributed by atoms with Gasteiger partial charge in [0, 0.05) is 55.1 Å². The monoisotopic (exact) mass is 809 g/mol. The molecule has 5 rings (SSSR count). The zero-order valence-corrected chi connectivity index (χ0v) is 33.8. The number of para-hydroxylation sites is 1. The molecule has 3 aromatic carbocycles. The third kappa shape index (κ3) is 9.85. The minimum atomic E-state index is -4.62. The van der Waals surface area contributed by atoms with Gasteiger partial charge in [-0.05, 0) is 65.6 Å². The summed E-state index contributed by atoms with van der Waals surface area (Å²) in [5, 5.41) is 16.9. The van der Waals surface area contributed by atoms with Crippen molar-refractivity contribution < 1.29 is 41.8 Å². The number of aromatic amines is 1. The molecule has 306 valence electrons. The summed E-state index contributed by atoms with van der Waals surface area (Å²) in [6.07, 6.45) is -3.63. The van der Waals surface area contributed by atoms with Gasteiger partial charge in [-0.3, -0.25) is 14.4 Å². The second kappa shape index (κ2) is 18.2. The Morgan fingerprint density at radius 2 is 1.68 bits per heavy atom. The maximum Gasteiger partial charge on any atom is 0.418 e. The van der Waals surface area contributed by atoms with Crippen LogP contribution in [0.25, 0.3) is 10.9 Å². The fourth-order valence-electron chi connectivity index (χ4n) is 7.86. The van der Waals surface area contributed by atoms with Gasteiger partial charge in [0.1, 0.15) is 17.1 Å². The van der Waals surface area contributed by atoms with Gasteiger partial charge < -0.3 is 25.5 Å². The second-order valence-electron chi connectivity index (χ2n) is 15.4. The number of methoxy groups -OCH3 is 1. The Hall–Kier alpha value is -4.78. The number of nitrogens with one attached hydrogen (secondary N) is 3. The third-order valence-electron chi connectivity index (χ3n) is 11.8. The van der Waals surface area contributed by atoms with E-state index in [1.807, 2.05) is 27.7 Å². The average molecular weight is 810 g/mol. The van der Waals surface area contributed by atoms with Crippen molar-refractivity contribution in [3.8, 4) is 11.5 Å². The highest BCUT2D eigenvalue weighted by molar-refractivity contribution is 7.80. The minimum Gasteiger partial charge on any atom is -0.504 e. The Labute approximate surface area is 336 Å². The normalized spacial score (nSPS) is 17.6. The number of amides is 1. The van der Waals surface area contributed by atoms with Crippen LogP contribution in [0, 0.1) is 29.5 Å². The molecule has 0 spiro atoms. The van der Waals surface area contributed by atoms with Crippen molar-refractivity contribution in [3.63, 3.8) is 0 Å². The van der Waals surface area contributed by atoms with Crippen LogP contribution in [0.3, 0.4) is 0 Å². The van der Waals surface area contributed by atoms with Gasteiger partial charge in [0.05, 0.1) is 23.2 Å². The number of carbonyl (C=O) groups is 3. The van der Waals surface area contributed by atoms with Crippen LogP contribution < -0.4 is 15.4 Å². The summed E-state index contributed by atoms with van der Waals surface area (Å²) in [7, 11) is 1.45. The van der Waals surface area contributed by atoms with E-state index in [4.69, 9.17) is 17.0 Å². The number of alkyl halides is 3. The molecule has 8 nitrogen and oxygen atoms in total. The van der Waals surface area contributed by atoms with Crippen LogP contribution in [0.1, 0.15) is 87.7 Å². The lowest BCUT2D eigenvalue weighted by atomic mass is 9.72. The van der Waals surface area contributed by atoms with E-state index in [1.165, 1.54) is 31.4 Å². The maximum atomic E-state index is 15.0. The molecule has 5 atom stereocenters. The molecule has 1 heterocycles. The molecule has 57 heavy (non-hydrogen) atoms. The first kappa shape index (κ1) is 43.3. The topological polar surface area (TPSA) is 121 Å². The first-order chi connectivity index (χ1) is 27.0. The van der Waals surface area contributed by atoms with Crippen molar-refractivity contribution in [2.45, 2.75) is 97.3 Å². The number of hydrogen-bond donors (Lipinski definition) is 4. The van der Waals surface area contributed by atoms with Gasteiger partial charge in [0.2, 0.25) is 5.91 Å². The van der Waals surface area contributed by atoms with Crippen molar-refractivity contribution in [1.29, 1.82) is 0 Å². The molecular weight excluding hydrogens is 759 g/mol. The number of thiocarbonyl (C=S) groups is 1. The largest absolute Gasteiger partial charge is 0.504 e. The zero-order valence-electron chi connectivity index (χ0n) is 32.9. The van der Waals surface area contributed by atoms with Gasteiger partial charge in [-0.25, -0.2) is 4.39 Å². The summed E-state index contributed by atoms with van der Waals surface area (Å²) in [6.45, 7) is 7.96. The molecule has 4 N–H and O–H groups in total. The Kier molecular flexibility index (Phi) is 13.8. The van der Waals surface area contributed by atoms with Gasteiger partial charge in [-0.1, -0.05) is 89.2 Å². The molecule has 0 saturated carbocycles. The SMILES string of the molecule is CCC(C)[C@H](CC(=O)Cc1ccccc1F)C(=O)N[C@]1(C(=O)C[C@H](C(=S)NCc2ccc(OC)c(O)c2)C(C)CC)CCc2[nH]c3c(C(F)(F)F)cccc3c2C1. The zero-order chi connectivity index (χ0) is 41.7. The van der Waals surface area contributed by atoms with E-state index in [9.17, 15) is 37.1 Å². The average Bonchev–Trinajstić information content (AvgIpc) is 3.55. The van der Waals surface area contributed by atoms with Crippen molar-refractivity contribution in [2.75, 3.05) is 7.11 Å². The number of ether oxygens (including phenoxy) is 1. The number of rotatable bonds is 17. The molecule has 0 fully saturated rings. The smallest absolute Gasteiger partial charge is 0.418 e. The number of hydrogen-bond acceptors (Lipinski definition) is 6. The predicted octanol–water partition coefficient (Wildman–Crippen LogP) is 8.99. The van der Waals surface area contributed by atoms with Crippen LogP contribution in [0.5, 0.6) is 11.5 Å². The molecule has 1 aromatic heterocycles. The Balaban J connectivity index is 1.48. The number of phenolic OH excluding ortho intramolecular Hbond substituents is 1. The van der Waals surface area contributed by atoms with E-state index >= 15 is 0 Å². The summed E-state index contributed by atoms with van der Waals surface area (Å²) in [6, 6.07) is 14.9. The van der Waals surface area contributed by atoms with Gasteiger partial charge in [-0.15, -0.1) is 0 Å². The van der Waals surface area contributed by atoms with Gasteiger partial charge >= 0.3 is 6.18 Å². The Bertz CT molecular complexity index is 2120. The van der Waals surface area contributed by atoms with Crippen molar-refractivity contribution in [3.05, 3.63) is 94.4 Å². The van der Waals surface area contributed by atoms with Crippen LogP contribution in [-0.2, 0) is 46.4 Å². The lowest BCUT2D eigenvalue weighted by Crippen LogP contribution is -2.60. The first-order valence-electron chi connectivity index (χ1n) is 19.4. The molecule has 13 heteroatoms. The highest BCUT2D eigenvalue weighted by atomic mass is 32.1. The molecule has 1 amide bonds. The van der Waals surface area contributed by atoms with Gasteiger partial charge in [0.25, 0.3) is 0 Å². The number of ketones is 2. The predicted molar refractivity (Wildman–Crippen MR) is 216 cm³/mol. The molecule has 0 aliphatic heterocycles. The van der Waals surface area contributed by atoms with Crippen LogP contribution in [-0.4, -0.2) is 45.2 Å². The van der Waals surface area contributed by atoms with Gasteiger partial charge in [0.15, 0.2) is 17.3 Å². The summed E-state index contributed by atoms with van der Waals surface area (Å²) in [4.78, 5) is 46.3. The number of halogens is 4. The van der Waals surface area contributed by atoms with E-state index in [2.05, 4.69) is 15.6 Å². The molecule has 4 aromatic rings. The van der Waals surface area contributed by atoms with E-state index in [0.717, 1.165) is 11.6 Å². The van der Waals surface area contributed by atoms with E-state index < -0.39 is 40.8 Å². The van der Waals surface area contributed by atoms with Crippen LogP contribution in [0.2, 0.25) is 0 Å². The van der Waals surface area contributed by atoms with E-state index in [0.29, 0.717) is 40.2 Å². The number of benzene rings is 3. The van der Waals surface area contributed by atoms with Crippen molar-refractivity contribution in [2.24, 2.45) is 23.7 Å². The fraction of sp³-hybridized carbons (Fsp3) is 0.455. The van der Waals surface area contributed by atoms with Crippen LogP contribution >= 0.6 is 12.2 Å². The quantitative estimate of drug-likeness (QED) is 0.0621. The number of carbonyl (C=O) groups excluding carboxylic acids is 3. The van der Waals surface area contributed by atoms with Gasteiger partial charge in [-0.2, -0.15) is 13.2 Å². The van der Waals surface area contributed by atoms with Crippen molar-refractivity contribution >= 4 is 45.6 Å². The highest BCUT2D eigenvalue weighted by Crippen LogP contribution is 2.41. The third-order valence-corrected chi connectivity index (χ3v) is 12.2. The standard InChI is InChI=1S/C44H51F4N3O5S/c1-6-25(3)31(21-29(52)20-28-11-8-9-14-35(28)45)41(55)51-43(18-17-36-33(23-43)30-12-10-13-34(40(30)50-36)44(46,47)48)39(54)22-32(26(4)7-2)42(57)49-24-27-15-16-38(56-5)37(53)19-27/h8-16,19,25-26,31-32,50,53H,6-7,17-18,20-24H2,1-5H3,(H,49,57)(H,51,55)/t25?,26?,31-,32-,43+/m0/s1. The number of fused-ring (bicyclic) bond motifs is 3. The second-order valence-corrected chi connectivity index (χ2v) is 15.8. The maximum absolute atomic E-state index is 15.0. The minimum absolute atomic E-state index is 0.0324. The number of Topliss-reactive ketones (excluding diaryl/α,β-unsaturated/α-hetero) is 2. The number of aromatic hydroxyl groups is 1.